The summed E-state index contributed by atoms with van der Waals surface area (Å²) in [5.74, 6) is 3.40. The number of fused-ring (bicyclic) bond motifs is 1. The van der Waals surface area contributed by atoms with Gasteiger partial charge in [0.25, 0.3) is 0 Å². The monoisotopic (exact) mass is 533 g/mol. The summed E-state index contributed by atoms with van der Waals surface area (Å²) >= 11 is 0. The highest BCUT2D eigenvalue weighted by Gasteiger charge is 2.48. The minimum atomic E-state index is -0.114. The standard InChI is InChI=1S/C11H21N.C9H11F.C7H11N.C4H10.2C2H6/c1-3-9-5-10-4-8(2)6-11(10,12)7-9;1-3-8-4-5-9(10)7(2)6-8;1-5-8-7(4)6(2)3;1-4(2)3;2*1-2/h8-10H,3-7,12H2,1-2H3;4-6H,3H2,1-2H3;5H,2,4H2,1,3H3;4H,1-3H3;2*1-2H3/t8?,9?,10-,11-;;;;;/m0...../s1. The van der Waals surface area contributed by atoms with Gasteiger partial charge in [-0.1, -0.05) is 101 Å². The van der Waals surface area contributed by atoms with Gasteiger partial charge in [0.15, 0.2) is 0 Å². The van der Waals surface area contributed by atoms with Crippen molar-refractivity contribution >= 4 is 6.21 Å². The van der Waals surface area contributed by atoms with Crippen LogP contribution in [0.1, 0.15) is 126 Å². The summed E-state index contributed by atoms with van der Waals surface area (Å²) in [6.07, 6.45) is 9.42. The summed E-state index contributed by atoms with van der Waals surface area (Å²) in [5.41, 5.74) is 10.3. The molecular formula is C35H65FN2. The summed E-state index contributed by atoms with van der Waals surface area (Å²) in [4.78, 5) is 3.91. The lowest BCUT2D eigenvalue weighted by Gasteiger charge is -2.23. The van der Waals surface area contributed by atoms with Crippen LogP contribution in [0.2, 0.25) is 0 Å². The number of allylic oxidation sites excluding steroid dienone is 1. The van der Waals surface area contributed by atoms with Gasteiger partial charge in [-0.05, 0) is 99.3 Å². The maximum Gasteiger partial charge on any atom is 0.126 e. The van der Waals surface area contributed by atoms with E-state index in [9.17, 15) is 4.39 Å². The number of nitrogens with two attached hydrogens (primary N) is 1. The molecule has 222 valence electrons. The van der Waals surface area contributed by atoms with Gasteiger partial charge < -0.3 is 5.73 Å². The molecule has 3 heteroatoms. The first-order valence-electron chi connectivity index (χ1n) is 15.2. The van der Waals surface area contributed by atoms with Crippen molar-refractivity contribution in [2.75, 3.05) is 0 Å². The van der Waals surface area contributed by atoms with Crippen LogP contribution in [0.25, 0.3) is 0 Å². The lowest BCUT2D eigenvalue weighted by molar-refractivity contribution is 0.363. The van der Waals surface area contributed by atoms with Gasteiger partial charge >= 0.3 is 0 Å². The SMILES string of the molecule is C=C(C)C(=C)N=CC.CC.CC.CC(C)C.CCC1C[C@@H]2CC(C)C[C@]2(N)C1.CCc1ccc(F)c(C)c1. The number of hydrogen-bond acceptors (Lipinski definition) is 2. The lowest BCUT2D eigenvalue weighted by Crippen LogP contribution is -2.39. The quantitative estimate of drug-likeness (QED) is 0.304. The molecule has 0 heterocycles. The maximum absolute atomic E-state index is 12.6. The summed E-state index contributed by atoms with van der Waals surface area (Å²) in [6.45, 7) is 34.1. The average Bonchev–Trinajstić information content (AvgIpc) is 3.33. The smallest absolute Gasteiger partial charge is 0.126 e. The minimum Gasteiger partial charge on any atom is -0.325 e. The molecule has 0 saturated heterocycles. The van der Waals surface area contributed by atoms with E-state index in [0.717, 1.165) is 46.9 Å². The number of rotatable bonds is 4. The zero-order valence-electron chi connectivity index (χ0n) is 27.7. The summed E-state index contributed by atoms with van der Waals surface area (Å²) in [6, 6.07) is 5.23. The van der Waals surface area contributed by atoms with Crippen LogP contribution in [-0.4, -0.2) is 11.8 Å². The highest BCUT2D eigenvalue weighted by Crippen LogP contribution is 2.51. The first kappa shape index (κ1) is 40.8. The fourth-order valence-corrected chi connectivity index (χ4v) is 4.73. The van der Waals surface area contributed by atoms with Gasteiger partial charge in [0.2, 0.25) is 0 Å². The third kappa shape index (κ3) is 17.7. The second kappa shape index (κ2) is 23.2. The molecule has 0 bridgehead atoms. The Balaban J connectivity index is -0.000000432. The lowest BCUT2D eigenvalue weighted by atomic mass is 9.91. The highest BCUT2D eigenvalue weighted by molar-refractivity contribution is 5.56. The summed E-state index contributed by atoms with van der Waals surface area (Å²) in [5, 5.41) is 0. The Morgan fingerprint density at radius 1 is 1.11 bits per heavy atom. The highest BCUT2D eigenvalue weighted by atomic mass is 19.1. The summed E-state index contributed by atoms with van der Waals surface area (Å²) < 4.78 is 12.6. The van der Waals surface area contributed by atoms with Crippen LogP contribution in [0.3, 0.4) is 0 Å². The van der Waals surface area contributed by atoms with E-state index in [0.29, 0.717) is 0 Å². The molecule has 4 atom stereocenters. The largest absolute Gasteiger partial charge is 0.325 e. The van der Waals surface area contributed by atoms with E-state index in [4.69, 9.17) is 5.73 Å². The summed E-state index contributed by atoms with van der Waals surface area (Å²) in [7, 11) is 0. The van der Waals surface area contributed by atoms with Gasteiger partial charge in [0, 0.05) is 11.8 Å². The van der Waals surface area contributed by atoms with Gasteiger partial charge in [-0.25, -0.2) is 4.39 Å². The van der Waals surface area contributed by atoms with E-state index in [1.54, 1.807) is 13.1 Å². The number of nitrogens with zero attached hydrogens (tertiary/aromatic N) is 1. The molecule has 0 amide bonds. The van der Waals surface area contributed by atoms with Crippen molar-refractivity contribution in [1.82, 2.24) is 0 Å². The Kier molecular flexibility index (Phi) is 24.9. The molecule has 2 fully saturated rings. The first-order chi connectivity index (χ1) is 17.8. The molecule has 2 N–H and O–H groups in total. The molecule has 2 nitrogen and oxygen atoms in total. The second-order valence-electron chi connectivity index (χ2n) is 11.0. The number of aliphatic imine (C=N–C) groups is 1. The molecule has 1 aromatic carbocycles. The van der Waals surface area contributed by atoms with E-state index in [-0.39, 0.29) is 11.4 Å². The maximum atomic E-state index is 12.6. The Morgan fingerprint density at radius 2 is 1.63 bits per heavy atom. The Bertz CT molecular complexity index is 777. The van der Waals surface area contributed by atoms with Crippen molar-refractivity contribution < 1.29 is 4.39 Å². The van der Waals surface area contributed by atoms with E-state index in [1.165, 1.54) is 43.7 Å². The molecule has 3 rings (SSSR count). The van der Waals surface area contributed by atoms with E-state index >= 15 is 0 Å². The molecule has 2 aliphatic rings. The van der Waals surface area contributed by atoms with Crippen molar-refractivity contribution in [2.24, 2.45) is 34.4 Å². The molecule has 0 radical (unpaired) electrons. The van der Waals surface area contributed by atoms with Crippen molar-refractivity contribution in [3.8, 4) is 0 Å². The second-order valence-corrected chi connectivity index (χ2v) is 11.0. The zero-order valence-corrected chi connectivity index (χ0v) is 27.7. The number of aryl methyl sites for hydroxylation is 2. The van der Waals surface area contributed by atoms with Gasteiger partial charge in [-0.3, -0.25) is 4.99 Å². The molecule has 0 aliphatic heterocycles. The molecule has 1 aromatic rings. The minimum absolute atomic E-state index is 0.114. The number of hydrogen-bond donors (Lipinski definition) is 1. The molecule has 2 aliphatic carbocycles. The Labute approximate surface area is 238 Å². The third-order valence-electron chi connectivity index (χ3n) is 6.50. The molecule has 0 aromatic heterocycles. The van der Waals surface area contributed by atoms with E-state index in [1.807, 2.05) is 53.7 Å². The normalized spacial score (nSPS) is 22.6. The molecule has 0 spiro atoms. The topological polar surface area (TPSA) is 38.4 Å². The van der Waals surface area contributed by atoms with E-state index in [2.05, 4.69) is 59.7 Å². The average molecular weight is 533 g/mol. The van der Waals surface area contributed by atoms with Crippen LogP contribution in [0, 0.1) is 36.4 Å². The number of halogens is 1. The van der Waals surface area contributed by atoms with Crippen LogP contribution in [-0.2, 0) is 6.42 Å². The molecular weight excluding hydrogens is 467 g/mol. The van der Waals surface area contributed by atoms with Gasteiger partial charge in [-0.15, -0.1) is 0 Å². The van der Waals surface area contributed by atoms with Crippen molar-refractivity contribution in [3.05, 3.63) is 59.6 Å². The van der Waals surface area contributed by atoms with Crippen LogP contribution < -0.4 is 5.73 Å². The van der Waals surface area contributed by atoms with Gasteiger partial charge in [0.05, 0.1) is 5.70 Å². The molecule has 2 saturated carbocycles. The van der Waals surface area contributed by atoms with Crippen LogP contribution in [0.5, 0.6) is 0 Å². The fourth-order valence-electron chi connectivity index (χ4n) is 4.73. The predicted octanol–water partition coefficient (Wildman–Crippen LogP) is 11.1. The first-order valence-corrected chi connectivity index (χ1v) is 15.2. The van der Waals surface area contributed by atoms with Crippen LogP contribution in [0.4, 0.5) is 4.39 Å². The van der Waals surface area contributed by atoms with Crippen LogP contribution >= 0.6 is 0 Å². The van der Waals surface area contributed by atoms with E-state index < -0.39 is 0 Å². The fraction of sp³-hybridized carbons (Fsp3) is 0.686. The van der Waals surface area contributed by atoms with Crippen molar-refractivity contribution in [2.45, 2.75) is 134 Å². The Morgan fingerprint density at radius 3 is 1.97 bits per heavy atom. The predicted molar refractivity (Wildman–Crippen MR) is 174 cm³/mol. The van der Waals surface area contributed by atoms with Crippen LogP contribution in [0.15, 0.2) is 47.6 Å². The molecule has 38 heavy (non-hydrogen) atoms. The molecule has 2 unspecified atom stereocenters. The Hall–Kier alpha value is -1.74. The van der Waals surface area contributed by atoms with Crippen molar-refractivity contribution in [1.29, 1.82) is 0 Å². The zero-order chi connectivity index (χ0) is 30.5. The van der Waals surface area contributed by atoms with Gasteiger partial charge in [-0.2, -0.15) is 0 Å². The van der Waals surface area contributed by atoms with Crippen molar-refractivity contribution in [3.63, 3.8) is 0 Å². The number of benzene rings is 1. The third-order valence-corrected chi connectivity index (χ3v) is 6.50. The van der Waals surface area contributed by atoms with Gasteiger partial charge in [0.1, 0.15) is 5.82 Å².